The first-order chi connectivity index (χ1) is 10.3. The largest absolute Gasteiger partial charge is 0.487 e. The van der Waals surface area contributed by atoms with Gasteiger partial charge in [0.15, 0.2) is 0 Å². The van der Waals surface area contributed by atoms with E-state index in [0.29, 0.717) is 12.3 Å². The van der Waals surface area contributed by atoms with Gasteiger partial charge in [-0.05, 0) is 54.7 Å². The molecule has 1 heterocycles. The van der Waals surface area contributed by atoms with Crippen molar-refractivity contribution in [3.05, 3.63) is 58.9 Å². The van der Waals surface area contributed by atoms with Gasteiger partial charge in [-0.3, -0.25) is 10.2 Å². The van der Waals surface area contributed by atoms with Gasteiger partial charge >= 0.3 is 0 Å². The van der Waals surface area contributed by atoms with Crippen LogP contribution in [0.3, 0.4) is 0 Å². The summed E-state index contributed by atoms with van der Waals surface area (Å²) in [6.07, 6.45) is 3.50. The Bertz CT molecular complexity index is 670. The van der Waals surface area contributed by atoms with E-state index >= 15 is 0 Å². The molecule has 0 spiro atoms. The molecule has 1 aromatic heterocycles. The molecule has 108 valence electrons. The summed E-state index contributed by atoms with van der Waals surface area (Å²) in [7, 11) is 0. The summed E-state index contributed by atoms with van der Waals surface area (Å²) in [5, 5.41) is 0. The Kier molecular flexibility index (Phi) is 3.83. The molecule has 0 fully saturated rings. The predicted molar refractivity (Wildman–Crippen MR) is 78.7 cm³/mol. The number of nitrogen functional groups attached to an aromatic ring is 1. The third-order valence-electron chi connectivity index (χ3n) is 3.63. The van der Waals surface area contributed by atoms with Crippen LogP contribution in [0.25, 0.3) is 0 Å². The molecule has 3 rings (SSSR count). The molecule has 0 atom stereocenters. The fourth-order valence-corrected chi connectivity index (χ4v) is 2.56. The van der Waals surface area contributed by atoms with Crippen molar-refractivity contribution in [2.45, 2.75) is 25.9 Å². The van der Waals surface area contributed by atoms with Crippen molar-refractivity contribution < 1.29 is 9.53 Å². The minimum absolute atomic E-state index is 0.285. The zero-order valence-electron chi connectivity index (χ0n) is 11.6. The van der Waals surface area contributed by atoms with Crippen LogP contribution in [0.4, 0.5) is 0 Å². The third kappa shape index (κ3) is 3.03. The summed E-state index contributed by atoms with van der Waals surface area (Å²) >= 11 is 0. The fourth-order valence-electron chi connectivity index (χ4n) is 2.56. The van der Waals surface area contributed by atoms with E-state index in [-0.39, 0.29) is 5.69 Å². The summed E-state index contributed by atoms with van der Waals surface area (Å²) in [5.41, 5.74) is 5.83. The molecule has 0 saturated carbocycles. The Morgan fingerprint density at radius 1 is 1.24 bits per heavy atom. The van der Waals surface area contributed by atoms with Gasteiger partial charge in [0.1, 0.15) is 18.1 Å². The van der Waals surface area contributed by atoms with Gasteiger partial charge in [0.25, 0.3) is 5.91 Å². The molecular weight excluding hydrogens is 266 g/mol. The van der Waals surface area contributed by atoms with Crippen LogP contribution in [-0.2, 0) is 19.4 Å². The van der Waals surface area contributed by atoms with Crippen molar-refractivity contribution >= 4 is 5.91 Å². The average molecular weight is 283 g/mol. The first kappa shape index (κ1) is 13.6. The van der Waals surface area contributed by atoms with E-state index in [4.69, 9.17) is 10.6 Å². The maximum absolute atomic E-state index is 11.4. The second kappa shape index (κ2) is 5.93. The lowest BCUT2D eigenvalue weighted by atomic mass is 10.1. The van der Waals surface area contributed by atoms with Crippen LogP contribution in [0.5, 0.6) is 5.75 Å². The standard InChI is InChI=1S/C16H17N3O2/c17-19-16(20)15-6-2-5-13(18-15)10-21-14-8-7-11-3-1-4-12(11)9-14/h2,5-9H,1,3-4,10,17H2,(H,19,20). The molecule has 2 aromatic rings. The van der Waals surface area contributed by atoms with Crippen LogP contribution in [0, 0.1) is 0 Å². The maximum Gasteiger partial charge on any atom is 0.283 e. The monoisotopic (exact) mass is 283 g/mol. The number of aromatic nitrogens is 1. The lowest BCUT2D eigenvalue weighted by Gasteiger charge is -2.08. The number of benzene rings is 1. The minimum atomic E-state index is -0.408. The fraction of sp³-hybridized carbons (Fsp3) is 0.250. The van der Waals surface area contributed by atoms with E-state index in [1.807, 2.05) is 12.1 Å². The average Bonchev–Trinajstić information content (AvgIpc) is 3.00. The number of pyridine rings is 1. The van der Waals surface area contributed by atoms with E-state index < -0.39 is 5.91 Å². The SMILES string of the molecule is NNC(=O)c1cccc(COc2ccc3c(c2)CCC3)n1. The smallest absolute Gasteiger partial charge is 0.283 e. The molecule has 1 aromatic carbocycles. The van der Waals surface area contributed by atoms with Crippen molar-refractivity contribution in [1.29, 1.82) is 0 Å². The quantitative estimate of drug-likeness (QED) is 0.509. The van der Waals surface area contributed by atoms with Gasteiger partial charge in [-0.2, -0.15) is 0 Å². The number of hydrogen-bond acceptors (Lipinski definition) is 4. The van der Waals surface area contributed by atoms with Crippen LogP contribution < -0.4 is 16.0 Å². The summed E-state index contributed by atoms with van der Waals surface area (Å²) in [5.74, 6) is 5.53. The molecule has 1 amide bonds. The normalized spacial score (nSPS) is 12.8. The molecule has 1 aliphatic carbocycles. The molecule has 1 aliphatic rings. The lowest BCUT2D eigenvalue weighted by molar-refractivity contribution is 0.0948. The van der Waals surface area contributed by atoms with Gasteiger partial charge in [-0.1, -0.05) is 12.1 Å². The summed E-state index contributed by atoms with van der Waals surface area (Å²) in [4.78, 5) is 15.6. The van der Waals surface area contributed by atoms with E-state index in [1.165, 1.54) is 17.5 Å². The van der Waals surface area contributed by atoms with Gasteiger partial charge in [-0.15, -0.1) is 0 Å². The highest BCUT2D eigenvalue weighted by molar-refractivity contribution is 5.91. The molecule has 5 nitrogen and oxygen atoms in total. The summed E-state index contributed by atoms with van der Waals surface area (Å²) in [6, 6.07) is 11.4. The number of nitrogens with one attached hydrogen (secondary N) is 1. The number of rotatable bonds is 4. The topological polar surface area (TPSA) is 77.2 Å². The predicted octanol–water partition coefficient (Wildman–Crippen LogP) is 1.75. The molecule has 0 aliphatic heterocycles. The number of hydrazine groups is 1. The Labute approximate surface area is 123 Å². The molecule has 0 unspecified atom stereocenters. The lowest BCUT2D eigenvalue weighted by Crippen LogP contribution is -2.30. The number of amides is 1. The van der Waals surface area contributed by atoms with Crippen molar-refractivity contribution in [3.8, 4) is 5.75 Å². The van der Waals surface area contributed by atoms with Gasteiger partial charge in [-0.25, -0.2) is 10.8 Å². The van der Waals surface area contributed by atoms with Crippen LogP contribution >= 0.6 is 0 Å². The minimum Gasteiger partial charge on any atom is -0.487 e. The highest BCUT2D eigenvalue weighted by Crippen LogP contribution is 2.26. The molecule has 0 bridgehead atoms. The van der Waals surface area contributed by atoms with E-state index in [9.17, 15) is 4.79 Å². The van der Waals surface area contributed by atoms with Gasteiger partial charge in [0.05, 0.1) is 5.69 Å². The molecule has 3 N–H and O–H groups in total. The number of aryl methyl sites for hydroxylation is 2. The van der Waals surface area contributed by atoms with Crippen molar-refractivity contribution in [2.24, 2.45) is 5.84 Å². The number of nitrogens with two attached hydrogens (primary N) is 1. The molecule has 21 heavy (non-hydrogen) atoms. The Hall–Kier alpha value is -2.40. The summed E-state index contributed by atoms with van der Waals surface area (Å²) in [6.45, 7) is 0.324. The molecule has 0 saturated heterocycles. The number of ether oxygens (including phenoxy) is 1. The first-order valence-corrected chi connectivity index (χ1v) is 6.98. The van der Waals surface area contributed by atoms with Gasteiger partial charge < -0.3 is 4.74 Å². The Morgan fingerprint density at radius 3 is 2.95 bits per heavy atom. The van der Waals surface area contributed by atoms with E-state index in [1.54, 1.807) is 12.1 Å². The van der Waals surface area contributed by atoms with Crippen molar-refractivity contribution in [1.82, 2.24) is 10.4 Å². The van der Waals surface area contributed by atoms with Crippen LogP contribution in [0.2, 0.25) is 0 Å². The third-order valence-corrected chi connectivity index (χ3v) is 3.63. The number of carbonyl (C=O) groups excluding carboxylic acids is 1. The Balaban J connectivity index is 1.69. The zero-order chi connectivity index (χ0) is 14.7. The number of fused-ring (bicyclic) bond motifs is 1. The van der Waals surface area contributed by atoms with Gasteiger partial charge in [0.2, 0.25) is 0 Å². The van der Waals surface area contributed by atoms with Crippen LogP contribution in [0.1, 0.15) is 33.7 Å². The van der Waals surface area contributed by atoms with Crippen LogP contribution in [0.15, 0.2) is 36.4 Å². The van der Waals surface area contributed by atoms with Crippen molar-refractivity contribution in [2.75, 3.05) is 0 Å². The highest BCUT2D eigenvalue weighted by Gasteiger charge is 2.11. The van der Waals surface area contributed by atoms with E-state index in [0.717, 1.165) is 18.6 Å². The summed E-state index contributed by atoms with van der Waals surface area (Å²) < 4.78 is 5.76. The zero-order valence-corrected chi connectivity index (χ0v) is 11.6. The van der Waals surface area contributed by atoms with E-state index in [2.05, 4.69) is 22.5 Å². The highest BCUT2D eigenvalue weighted by atomic mass is 16.5. The van der Waals surface area contributed by atoms with Crippen molar-refractivity contribution in [3.63, 3.8) is 0 Å². The molecule has 0 radical (unpaired) electrons. The second-order valence-corrected chi connectivity index (χ2v) is 5.06. The molecule has 5 heteroatoms. The first-order valence-electron chi connectivity index (χ1n) is 6.98. The van der Waals surface area contributed by atoms with Gasteiger partial charge in [0, 0.05) is 0 Å². The molecular formula is C16H17N3O2. The Morgan fingerprint density at radius 2 is 2.10 bits per heavy atom. The number of hydrogen-bond donors (Lipinski definition) is 2. The maximum atomic E-state index is 11.4. The van der Waals surface area contributed by atoms with Crippen LogP contribution in [-0.4, -0.2) is 10.9 Å². The number of nitrogens with zero attached hydrogens (tertiary/aromatic N) is 1. The second-order valence-electron chi connectivity index (χ2n) is 5.06. The number of carbonyl (C=O) groups is 1.